The second-order valence-electron chi connectivity index (χ2n) is 6.57. The Morgan fingerprint density at radius 2 is 1.85 bits per heavy atom. The molecule has 1 aliphatic rings. The molecule has 2 aromatic carbocycles. The maximum atomic E-state index is 12.8. The molecule has 27 heavy (non-hydrogen) atoms. The average Bonchev–Trinajstić information content (AvgIpc) is 2.66. The van der Waals surface area contributed by atoms with Gasteiger partial charge in [-0.3, -0.25) is 14.5 Å². The van der Waals surface area contributed by atoms with E-state index in [4.69, 9.17) is 9.47 Å². The van der Waals surface area contributed by atoms with Gasteiger partial charge in [-0.25, -0.2) is 4.79 Å². The number of benzene rings is 2. The topological polar surface area (TPSA) is 84.9 Å². The van der Waals surface area contributed by atoms with Crippen LogP contribution in [0.3, 0.4) is 0 Å². The van der Waals surface area contributed by atoms with Crippen LogP contribution >= 0.6 is 0 Å². The maximum absolute atomic E-state index is 12.8. The summed E-state index contributed by atoms with van der Waals surface area (Å²) in [6, 6.07) is 13.4. The molecular weight excluding hydrogens is 348 g/mol. The molecule has 0 fully saturated rings. The van der Waals surface area contributed by atoms with Crippen LogP contribution in [0.1, 0.15) is 24.2 Å². The normalized spacial score (nSPS) is 14.8. The molecule has 0 atom stereocenters. The highest BCUT2D eigenvalue weighted by molar-refractivity contribution is 6.14. The first kappa shape index (κ1) is 18.4. The van der Waals surface area contributed by atoms with Gasteiger partial charge in [-0.1, -0.05) is 18.2 Å². The van der Waals surface area contributed by atoms with Crippen molar-refractivity contribution in [2.75, 3.05) is 23.9 Å². The molecule has 7 nitrogen and oxygen atoms in total. The average molecular weight is 368 g/mol. The molecular formula is C20H20N2O5. The molecule has 0 spiro atoms. The van der Waals surface area contributed by atoms with Crippen LogP contribution in [0.15, 0.2) is 48.5 Å². The number of amides is 2. The summed E-state index contributed by atoms with van der Waals surface area (Å²) in [5, 5.41) is 2.78. The van der Waals surface area contributed by atoms with Crippen LogP contribution in [0.2, 0.25) is 0 Å². The Kier molecular flexibility index (Phi) is 4.85. The highest BCUT2D eigenvalue weighted by atomic mass is 16.5. The Balaban J connectivity index is 1.78. The summed E-state index contributed by atoms with van der Waals surface area (Å²) in [4.78, 5) is 38.8. The summed E-state index contributed by atoms with van der Waals surface area (Å²) < 4.78 is 10.2. The first-order chi connectivity index (χ1) is 12.8. The summed E-state index contributed by atoms with van der Waals surface area (Å²) in [6.45, 7) is 2.79. The van der Waals surface area contributed by atoms with Crippen molar-refractivity contribution in [1.82, 2.24) is 0 Å². The van der Waals surface area contributed by atoms with Crippen LogP contribution in [0, 0.1) is 0 Å². The van der Waals surface area contributed by atoms with E-state index >= 15 is 0 Å². The molecule has 3 rings (SSSR count). The number of fused-ring (bicyclic) bond motifs is 1. The highest BCUT2D eigenvalue weighted by Gasteiger charge is 2.43. The van der Waals surface area contributed by atoms with Crippen LogP contribution in [0.5, 0.6) is 5.75 Å². The van der Waals surface area contributed by atoms with Crippen molar-refractivity contribution < 1.29 is 23.9 Å². The third kappa shape index (κ3) is 3.48. The molecule has 2 amide bonds. The van der Waals surface area contributed by atoms with Crippen molar-refractivity contribution >= 4 is 29.2 Å². The van der Waals surface area contributed by atoms with E-state index in [0.717, 1.165) is 0 Å². The smallest absolute Gasteiger partial charge is 0.338 e. The number of nitrogens with one attached hydrogen (secondary N) is 1. The zero-order chi connectivity index (χ0) is 19.6. The van der Waals surface area contributed by atoms with Crippen LogP contribution < -0.4 is 15.0 Å². The Labute approximate surface area is 156 Å². The number of anilines is 2. The van der Waals surface area contributed by atoms with Gasteiger partial charge in [-0.05, 0) is 44.2 Å². The molecule has 1 heterocycles. The van der Waals surface area contributed by atoms with Gasteiger partial charge >= 0.3 is 5.97 Å². The first-order valence-electron chi connectivity index (χ1n) is 8.39. The van der Waals surface area contributed by atoms with Crippen molar-refractivity contribution in [3.63, 3.8) is 0 Å². The van der Waals surface area contributed by atoms with Gasteiger partial charge in [0.25, 0.3) is 5.91 Å². The van der Waals surface area contributed by atoms with Gasteiger partial charge in [-0.15, -0.1) is 0 Å². The lowest BCUT2D eigenvalue weighted by atomic mass is 9.96. The van der Waals surface area contributed by atoms with Crippen LogP contribution in [-0.2, 0) is 14.3 Å². The molecule has 1 aliphatic heterocycles. The predicted molar refractivity (Wildman–Crippen MR) is 99.9 cm³/mol. The van der Waals surface area contributed by atoms with Gasteiger partial charge in [-0.2, -0.15) is 0 Å². The molecule has 0 aromatic heterocycles. The van der Waals surface area contributed by atoms with Crippen molar-refractivity contribution in [1.29, 1.82) is 0 Å². The summed E-state index contributed by atoms with van der Waals surface area (Å²) >= 11 is 0. The summed E-state index contributed by atoms with van der Waals surface area (Å²) in [7, 11) is 1.49. The lowest BCUT2D eigenvalue weighted by molar-refractivity contribution is -0.128. The minimum absolute atomic E-state index is 0.276. The number of esters is 1. The van der Waals surface area contributed by atoms with Crippen LogP contribution in [0.25, 0.3) is 0 Å². The van der Waals surface area contributed by atoms with Crippen molar-refractivity contribution in [3.8, 4) is 5.75 Å². The fraction of sp³-hybridized carbons (Fsp3) is 0.250. The number of hydrogen-bond acceptors (Lipinski definition) is 5. The van der Waals surface area contributed by atoms with Crippen LogP contribution in [-0.4, -0.2) is 37.0 Å². The van der Waals surface area contributed by atoms with Gasteiger partial charge in [0, 0.05) is 0 Å². The van der Waals surface area contributed by atoms with Crippen molar-refractivity contribution in [3.05, 3.63) is 54.1 Å². The molecule has 0 radical (unpaired) electrons. The summed E-state index contributed by atoms with van der Waals surface area (Å²) in [5.41, 5.74) is 0.255. The fourth-order valence-corrected chi connectivity index (χ4v) is 2.92. The minimum Gasteiger partial charge on any atom is -0.497 e. The van der Waals surface area contributed by atoms with E-state index in [0.29, 0.717) is 17.1 Å². The third-order valence-electron chi connectivity index (χ3n) is 4.39. The lowest BCUT2D eigenvalue weighted by Crippen LogP contribution is -2.59. The quantitative estimate of drug-likeness (QED) is 0.839. The number of ether oxygens (including phenoxy) is 2. The molecule has 7 heteroatoms. The second-order valence-corrected chi connectivity index (χ2v) is 6.57. The monoisotopic (exact) mass is 368 g/mol. The third-order valence-corrected chi connectivity index (χ3v) is 4.39. The molecule has 2 aromatic rings. The van der Waals surface area contributed by atoms with E-state index in [9.17, 15) is 14.4 Å². The number of para-hydroxylation sites is 2. The lowest BCUT2D eigenvalue weighted by Gasteiger charge is -2.41. The SMILES string of the molecule is COc1cccc(C(=O)OCC(=O)N2c3ccccc3NC(=O)C2(C)C)c1. The zero-order valence-electron chi connectivity index (χ0n) is 15.3. The van der Waals surface area contributed by atoms with Gasteiger partial charge in [0.2, 0.25) is 5.91 Å². The largest absolute Gasteiger partial charge is 0.497 e. The number of hydrogen-bond donors (Lipinski definition) is 1. The molecule has 0 unspecified atom stereocenters. The Hall–Kier alpha value is -3.35. The summed E-state index contributed by atoms with van der Waals surface area (Å²) in [5.74, 6) is -0.930. The molecule has 0 bridgehead atoms. The predicted octanol–water partition coefficient (Wildman–Crippen LogP) is 2.62. The Bertz CT molecular complexity index is 907. The molecule has 0 saturated heterocycles. The van der Waals surface area contributed by atoms with Gasteiger partial charge in [0.1, 0.15) is 11.3 Å². The van der Waals surface area contributed by atoms with E-state index < -0.39 is 24.0 Å². The number of rotatable bonds is 4. The minimum atomic E-state index is -1.12. The molecule has 0 saturated carbocycles. The Morgan fingerprint density at radius 3 is 2.59 bits per heavy atom. The van der Waals surface area contributed by atoms with E-state index in [-0.39, 0.29) is 11.5 Å². The van der Waals surface area contributed by atoms with E-state index in [1.807, 2.05) is 0 Å². The number of nitrogens with zero attached hydrogens (tertiary/aromatic N) is 1. The van der Waals surface area contributed by atoms with E-state index in [2.05, 4.69) is 5.32 Å². The van der Waals surface area contributed by atoms with Crippen molar-refractivity contribution in [2.24, 2.45) is 0 Å². The van der Waals surface area contributed by atoms with Gasteiger partial charge in [0.05, 0.1) is 24.0 Å². The highest BCUT2D eigenvalue weighted by Crippen LogP contribution is 2.36. The molecule has 0 aliphatic carbocycles. The van der Waals surface area contributed by atoms with E-state index in [1.54, 1.807) is 56.3 Å². The van der Waals surface area contributed by atoms with Gasteiger partial charge < -0.3 is 14.8 Å². The number of carbonyl (C=O) groups is 3. The zero-order valence-corrected chi connectivity index (χ0v) is 15.3. The maximum Gasteiger partial charge on any atom is 0.338 e. The standard InChI is InChI=1S/C20H20N2O5/c1-20(2)19(25)21-15-9-4-5-10-16(15)22(20)17(23)12-27-18(24)13-7-6-8-14(11-13)26-3/h4-11H,12H2,1-3H3,(H,21,25). The number of methoxy groups -OCH3 is 1. The Morgan fingerprint density at radius 1 is 1.11 bits per heavy atom. The fourth-order valence-electron chi connectivity index (χ4n) is 2.92. The molecule has 140 valence electrons. The van der Waals surface area contributed by atoms with Gasteiger partial charge in [0.15, 0.2) is 6.61 Å². The van der Waals surface area contributed by atoms with E-state index in [1.165, 1.54) is 18.1 Å². The van der Waals surface area contributed by atoms with Crippen LogP contribution in [0.4, 0.5) is 11.4 Å². The summed E-state index contributed by atoms with van der Waals surface area (Å²) in [6.07, 6.45) is 0. The van der Waals surface area contributed by atoms with Crippen molar-refractivity contribution in [2.45, 2.75) is 19.4 Å². The second kappa shape index (κ2) is 7.11. The first-order valence-corrected chi connectivity index (χ1v) is 8.39. The molecule has 1 N–H and O–H groups in total. The number of carbonyl (C=O) groups excluding carboxylic acids is 3.